The van der Waals surface area contributed by atoms with Gasteiger partial charge in [-0.25, -0.2) is 4.68 Å². The summed E-state index contributed by atoms with van der Waals surface area (Å²) < 4.78 is 3.50. The number of anilines is 1. The highest BCUT2D eigenvalue weighted by Crippen LogP contribution is 2.19. The van der Waals surface area contributed by atoms with Gasteiger partial charge in [-0.3, -0.25) is 4.79 Å². The van der Waals surface area contributed by atoms with Crippen LogP contribution in [-0.2, 0) is 17.8 Å². The number of amides is 1. The first-order valence-corrected chi connectivity index (χ1v) is 11.2. The summed E-state index contributed by atoms with van der Waals surface area (Å²) in [5.41, 5.74) is 5.64. The summed E-state index contributed by atoms with van der Waals surface area (Å²) in [6.07, 6.45) is 2.38. The predicted molar refractivity (Wildman–Crippen MR) is 127 cm³/mol. The van der Waals surface area contributed by atoms with Crippen molar-refractivity contribution >= 4 is 11.7 Å². The minimum absolute atomic E-state index is 0.109. The van der Waals surface area contributed by atoms with Gasteiger partial charge in [-0.05, 0) is 58.5 Å². The predicted octanol–water partition coefficient (Wildman–Crippen LogP) is 4.22. The molecule has 0 aliphatic heterocycles. The van der Waals surface area contributed by atoms with Gasteiger partial charge in [0.05, 0.1) is 18.4 Å². The van der Waals surface area contributed by atoms with Crippen molar-refractivity contribution in [1.29, 1.82) is 0 Å². The second-order valence-electron chi connectivity index (χ2n) is 8.54. The average molecular weight is 444 g/mol. The van der Waals surface area contributed by atoms with E-state index in [1.165, 1.54) is 11.1 Å². The van der Waals surface area contributed by atoms with Crippen LogP contribution in [0, 0.1) is 13.8 Å². The van der Waals surface area contributed by atoms with Gasteiger partial charge < -0.3 is 5.32 Å². The topological polar surface area (TPSA) is 90.5 Å². The summed E-state index contributed by atoms with van der Waals surface area (Å²) in [7, 11) is 0. The maximum absolute atomic E-state index is 12.7. The fourth-order valence-corrected chi connectivity index (χ4v) is 3.69. The number of benzene rings is 2. The highest BCUT2D eigenvalue weighted by atomic mass is 16.1. The minimum Gasteiger partial charge on any atom is -0.311 e. The first-order chi connectivity index (χ1) is 15.9. The number of aryl methyl sites for hydroxylation is 2. The van der Waals surface area contributed by atoms with E-state index in [0.717, 1.165) is 16.8 Å². The van der Waals surface area contributed by atoms with Crippen LogP contribution >= 0.6 is 0 Å². The van der Waals surface area contributed by atoms with Gasteiger partial charge in [0.1, 0.15) is 5.82 Å². The summed E-state index contributed by atoms with van der Waals surface area (Å²) in [6.45, 7) is 9.04. The first kappa shape index (κ1) is 22.4. The summed E-state index contributed by atoms with van der Waals surface area (Å²) in [5, 5.41) is 19.4. The lowest BCUT2D eigenvalue weighted by Crippen LogP contribution is -2.17. The number of aromatic nitrogens is 6. The minimum atomic E-state index is -0.109. The Balaban J connectivity index is 1.39. The Morgan fingerprint density at radius 3 is 2.61 bits per heavy atom. The molecule has 2 aromatic carbocycles. The van der Waals surface area contributed by atoms with Crippen LogP contribution in [0.25, 0.3) is 5.69 Å². The van der Waals surface area contributed by atoms with E-state index in [0.29, 0.717) is 30.5 Å². The number of carbonyl (C=O) groups is 1. The number of hydrogen-bond acceptors (Lipinski definition) is 5. The normalized spacial score (nSPS) is 11.2. The molecule has 0 aliphatic rings. The molecule has 0 unspecified atom stereocenters. The fraction of sp³-hybridized carbons (Fsp3) is 0.320. The smallest absolute Gasteiger partial charge is 0.225 e. The molecule has 0 bridgehead atoms. The highest BCUT2D eigenvalue weighted by Gasteiger charge is 2.14. The zero-order valence-electron chi connectivity index (χ0n) is 19.5. The molecule has 8 nitrogen and oxygen atoms in total. The van der Waals surface area contributed by atoms with Crippen molar-refractivity contribution in [2.45, 2.75) is 53.0 Å². The van der Waals surface area contributed by atoms with Gasteiger partial charge >= 0.3 is 0 Å². The van der Waals surface area contributed by atoms with Crippen LogP contribution < -0.4 is 5.32 Å². The van der Waals surface area contributed by atoms with Crippen LogP contribution in [0.4, 0.5) is 5.82 Å². The SMILES string of the molecule is Cc1cccc(-n2nnnc2CCC(=O)Nc2ccnn2Cc2ccc(C(C)C)cc2)c1C. The zero-order valence-corrected chi connectivity index (χ0v) is 19.5. The monoisotopic (exact) mass is 443 g/mol. The number of nitrogens with zero attached hydrogens (tertiary/aromatic N) is 6. The molecule has 0 atom stereocenters. The Hall–Kier alpha value is -3.81. The van der Waals surface area contributed by atoms with Gasteiger partial charge in [-0.2, -0.15) is 9.78 Å². The average Bonchev–Trinajstić information content (AvgIpc) is 3.44. The lowest BCUT2D eigenvalue weighted by Gasteiger charge is -2.11. The molecule has 1 amide bonds. The van der Waals surface area contributed by atoms with Gasteiger partial charge in [0, 0.05) is 18.9 Å². The Labute approximate surface area is 193 Å². The highest BCUT2D eigenvalue weighted by molar-refractivity contribution is 5.89. The van der Waals surface area contributed by atoms with Crippen LogP contribution in [0.1, 0.15) is 54.3 Å². The van der Waals surface area contributed by atoms with E-state index < -0.39 is 0 Å². The molecular weight excluding hydrogens is 414 g/mol. The third kappa shape index (κ3) is 5.16. The summed E-state index contributed by atoms with van der Waals surface area (Å²) in [6, 6.07) is 16.3. The van der Waals surface area contributed by atoms with Crippen LogP contribution in [0.3, 0.4) is 0 Å². The Morgan fingerprint density at radius 1 is 1.06 bits per heavy atom. The number of hydrogen-bond donors (Lipinski definition) is 1. The molecule has 4 rings (SSSR count). The van der Waals surface area contributed by atoms with Gasteiger partial charge in [-0.1, -0.05) is 50.2 Å². The molecule has 2 heterocycles. The van der Waals surface area contributed by atoms with Crippen molar-refractivity contribution in [3.8, 4) is 5.69 Å². The van der Waals surface area contributed by atoms with E-state index in [2.05, 4.69) is 77.0 Å². The van der Waals surface area contributed by atoms with Crippen molar-refractivity contribution in [2.75, 3.05) is 5.32 Å². The van der Waals surface area contributed by atoms with Gasteiger partial charge in [0.15, 0.2) is 5.82 Å². The molecule has 33 heavy (non-hydrogen) atoms. The van der Waals surface area contributed by atoms with E-state index in [1.807, 2.05) is 19.1 Å². The quantitative estimate of drug-likeness (QED) is 0.440. The van der Waals surface area contributed by atoms with Crippen molar-refractivity contribution in [3.05, 3.63) is 82.8 Å². The molecule has 8 heteroatoms. The molecule has 0 saturated carbocycles. The Bertz CT molecular complexity index is 1240. The first-order valence-electron chi connectivity index (χ1n) is 11.2. The third-order valence-electron chi connectivity index (χ3n) is 5.88. The van der Waals surface area contributed by atoms with E-state index in [-0.39, 0.29) is 12.3 Å². The second kappa shape index (κ2) is 9.77. The van der Waals surface area contributed by atoms with Crippen molar-refractivity contribution in [1.82, 2.24) is 30.0 Å². The second-order valence-corrected chi connectivity index (χ2v) is 8.54. The van der Waals surface area contributed by atoms with Crippen molar-refractivity contribution < 1.29 is 4.79 Å². The summed E-state index contributed by atoms with van der Waals surface area (Å²) in [5.74, 6) is 1.71. The standard InChI is InChI=1S/C25H29N7O/c1-17(2)21-10-8-20(9-11-21)16-31-23(14-15-26-31)27-25(33)13-12-24-28-29-30-32(24)22-7-5-6-18(3)19(22)4/h5-11,14-15,17H,12-13,16H2,1-4H3,(H,27,33). The summed E-state index contributed by atoms with van der Waals surface area (Å²) >= 11 is 0. The lowest BCUT2D eigenvalue weighted by molar-refractivity contribution is -0.116. The lowest BCUT2D eigenvalue weighted by atomic mass is 10.0. The van der Waals surface area contributed by atoms with Crippen LogP contribution in [0.5, 0.6) is 0 Å². The number of tetrazole rings is 1. The van der Waals surface area contributed by atoms with Crippen LogP contribution in [-0.4, -0.2) is 35.9 Å². The number of carbonyl (C=O) groups excluding carboxylic acids is 1. The van der Waals surface area contributed by atoms with Crippen molar-refractivity contribution in [3.63, 3.8) is 0 Å². The van der Waals surface area contributed by atoms with Gasteiger partial charge in [-0.15, -0.1) is 5.10 Å². The number of nitrogens with one attached hydrogen (secondary N) is 1. The maximum atomic E-state index is 12.7. The van der Waals surface area contributed by atoms with E-state index in [1.54, 1.807) is 21.6 Å². The third-order valence-corrected chi connectivity index (χ3v) is 5.88. The van der Waals surface area contributed by atoms with Crippen molar-refractivity contribution in [2.24, 2.45) is 0 Å². The molecule has 0 saturated heterocycles. The Morgan fingerprint density at radius 2 is 1.85 bits per heavy atom. The molecule has 2 aromatic heterocycles. The molecular formula is C25H29N7O. The largest absolute Gasteiger partial charge is 0.311 e. The molecule has 0 spiro atoms. The fourth-order valence-electron chi connectivity index (χ4n) is 3.69. The molecule has 1 N–H and O–H groups in total. The molecule has 4 aromatic rings. The molecule has 0 fully saturated rings. The molecule has 170 valence electrons. The number of rotatable bonds is 8. The van der Waals surface area contributed by atoms with E-state index in [4.69, 9.17) is 0 Å². The summed E-state index contributed by atoms with van der Waals surface area (Å²) in [4.78, 5) is 12.7. The maximum Gasteiger partial charge on any atom is 0.225 e. The Kier molecular flexibility index (Phi) is 6.63. The molecule has 0 radical (unpaired) electrons. The zero-order chi connectivity index (χ0) is 23.4. The molecule has 0 aliphatic carbocycles. The van der Waals surface area contributed by atoms with Gasteiger partial charge in [0.2, 0.25) is 5.91 Å². The van der Waals surface area contributed by atoms with Crippen LogP contribution in [0.2, 0.25) is 0 Å². The van der Waals surface area contributed by atoms with E-state index >= 15 is 0 Å². The van der Waals surface area contributed by atoms with Crippen LogP contribution in [0.15, 0.2) is 54.7 Å². The van der Waals surface area contributed by atoms with Gasteiger partial charge in [0.25, 0.3) is 0 Å². The van der Waals surface area contributed by atoms with E-state index in [9.17, 15) is 4.79 Å².